The second kappa shape index (κ2) is 11.7. The van der Waals surface area contributed by atoms with Crippen molar-refractivity contribution < 1.29 is 23.9 Å². The number of nitrogens with zero attached hydrogens (tertiary/aromatic N) is 2. The Morgan fingerprint density at radius 2 is 1.89 bits per heavy atom. The topological polar surface area (TPSA) is 100 Å². The maximum atomic E-state index is 13.3. The van der Waals surface area contributed by atoms with E-state index < -0.39 is 0 Å². The summed E-state index contributed by atoms with van der Waals surface area (Å²) in [5, 5.41) is 5.57. The lowest BCUT2D eigenvalue weighted by molar-refractivity contribution is -0.142. The number of carbonyl (C=O) groups is 3. The van der Waals surface area contributed by atoms with Gasteiger partial charge < -0.3 is 29.9 Å². The third-order valence-electron chi connectivity index (χ3n) is 6.86. The van der Waals surface area contributed by atoms with Gasteiger partial charge in [0.15, 0.2) is 0 Å². The monoisotopic (exact) mass is 488 g/mol. The maximum Gasteiger partial charge on any atom is 0.319 e. The lowest BCUT2D eigenvalue weighted by atomic mass is 9.83. The minimum atomic E-state index is -0.334. The van der Waals surface area contributed by atoms with Gasteiger partial charge >= 0.3 is 6.03 Å². The highest BCUT2D eigenvalue weighted by molar-refractivity contribution is 5.98. The summed E-state index contributed by atoms with van der Waals surface area (Å²) < 4.78 is 11.9. The number of hydrogen-bond donors (Lipinski definition) is 2. The number of amides is 4. The molecule has 0 spiro atoms. The number of carbonyl (C=O) groups excluding carboxylic acids is 3. The molecule has 194 valence electrons. The summed E-state index contributed by atoms with van der Waals surface area (Å²) in [6.45, 7) is 8.93. The SMILES string of the molecule is CO[C@H]1CN(C)C(=O)c2ccc(NC(=O)NC(C)C)cc2OC[C@H](C)N(C(=O)C2CCC2)C[C@H]1C. The smallest absolute Gasteiger partial charge is 0.319 e. The van der Waals surface area contributed by atoms with Gasteiger partial charge in [0.05, 0.1) is 17.7 Å². The van der Waals surface area contributed by atoms with Gasteiger partial charge in [-0.3, -0.25) is 9.59 Å². The minimum absolute atomic E-state index is 0.0121. The van der Waals surface area contributed by atoms with E-state index in [-0.39, 0.29) is 54.5 Å². The van der Waals surface area contributed by atoms with Crippen molar-refractivity contribution in [2.75, 3.05) is 39.2 Å². The van der Waals surface area contributed by atoms with Crippen LogP contribution in [0.3, 0.4) is 0 Å². The molecule has 0 aromatic heterocycles. The van der Waals surface area contributed by atoms with E-state index in [1.54, 1.807) is 37.3 Å². The zero-order valence-electron chi connectivity index (χ0n) is 21.8. The predicted molar refractivity (Wildman–Crippen MR) is 135 cm³/mol. The molecule has 0 unspecified atom stereocenters. The van der Waals surface area contributed by atoms with E-state index in [0.717, 1.165) is 19.3 Å². The van der Waals surface area contributed by atoms with Crippen LogP contribution in [0.25, 0.3) is 0 Å². The Morgan fingerprint density at radius 3 is 2.49 bits per heavy atom. The van der Waals surface area contributed by atoms with Crippen molar-refractivity contribution in [2.45, 2.75) is 65.1 Å². The van der Waals surface area contributed by atoms with E-state index in [4.69, 9.17) is 9.47 Å². The molecule has 3 rings (SSSR count). The van der Waals surface area contributed by atoms with Crippen LogP contribution >= 0.6 is 0 Å². The molecule has 2 aliphatic rings. The summed E-state index contributed by atoms with van der Waals surface area (Å²) in [5.41, 5.74) is 0.914. The molecular formula is C26H40N4O5. The van der Waals surface area contributed by atoms with Crippen LogP contribution in [0.15, 0.2) is 18.2 Å². The normalized spacial score (nSPS) is 24.0. The number of rotatable bonds is 4. The average molecular weight is 489 g/mol. The minimum Gasteiger partial charge on any atom is -0.491 e. The maximum absolute atomic E-state index is 13.3. The summed E-state index contributed by atoms with van der Waals surface area (Å²) in [4.78, 5) is 42.3. The van der Waals surface area contributed by atoms with Crippen LogP contribution in [0.2, 0.25) is 0 Å². The van der Waals surface area contributed by atoms with Crippen molar-refractivity contribution >= 4 is 23.5 Å². The molecular weight excluding hydrogens is 448 g/mol. The van der Waals surface area contributed by atoms with E-state index >= 15 is 0 Å². The third kappa shape index (κ3) is 6.66. The van der Waals surface area contributed by atoms with Gasteiger partial charge in [0, 0.05) is 56.9 Å². The van der Waals surface area contributed by atoms with E-state index in [0.29, 0.717) is 30.1 Å². The fourth-order valence-corrected chi connectivity index (χ4v) is 4.48. The van der Waals surface area contributed by atoms with Crippen LogP contribution in [0.1, 0.15) is 57.3 Å². The van der Waals surface area contributed by atoms with Crippen LogP contribution in [0.4, 0.5) is 10.5 Å². The molecule has 4 amide bonds. The van der Waals surface area contributed by atoms with Gasteiger partial charge in [0.25, 0.3) is 5.91 Å². The molecule has 0 radical (unpaired) electrons. The lowest BCUT2D eigenvalue weighted by Crippen LogP contribution is -2.51. The van der Waals surface area contributed by atoms with Crippen LogP contribution in [-0.2, 0) is 9.53 Å². The number of benzene rings is 1. The van der Waals surface area contributed by atoms with Crippen LogP contribution in [-0.4, -0.2) is 79.7 Å². The van der Waals surface area contributed by atoms with Crippen LogP contribution in [0.5, 0.6) is 5.75 Å². The van der Waals surface area contributed by atoms with E-state index in [2.05, 4.69) is 17.6 Å². The Hall–Kier alpha value is -2.81. The first-order valence-electron chi connectivity index (χ1n) is 12.5. The van der Waals surface area contributed by atoms with Crippen LogP contribution < -0.4 is 15.4 Å². The zero-order chi connectivity index (χ0) is 25.7. The number of nitrogens with one attached hydrogen (secondary N) is 2. The molecule has 1 aliphatic heterocycles. The fraction of sp³-hybridized carbons (Fsp3) is 0.654. The Labute approximate surface area is 208 Å². The number of likely N-dealkylation sites (N-methyl/N-ethyl adjacent to an activating group) is 1. The molecule has 9 heteroatoms. The van der Waals surface area contributed by atoms with Gasteiger partial charge in [0.2, 0.25) is 5.91 Å². The first-order chi connectivity index (χ1) is 16.6. The highest BCUT2D eigenvalue weighted by Gasteiger charge is 2.35. The van der Waals surface area contributed by atoms with Gasteiger partial charge in [-0.2, -0.15) is 0 Å². The average Bonchev–Trinajstić information content (AvgIpc) is 2.76. The second-order valence-corrected chi connectivity index (χ2v) is 10.2. The number of fused-ring (bicyclic) bond motifs is 1. The number of anilines is 1. The molecule has 1 aliphatic carbocycles. The largest absolute Gasteiger partial charge is 0.491 e. The predicted octanol–water partition coefficient (Wildman–Crippen LogP) is 3.35. The lowest BCUT2D eigenvalue weighted by Gasteiger charge is -2.39. The molecule has 1 aromatic rings. The van der Waals surface area contributed by atoms with Crippen molar-refractivity contribution in [1.82, 2.24) is 15.1 Å². The number of urea groups is 1. The first-order valence-corrected chi connectivity index (χ1v) is 12.5. The van der Waals surface area contributed by atoms with E-state index in [1.165, 1.54) is 0 Å². The Kier molecular flexibility index (Phi) is 8.99. The summed E-state index contributed by atoms with van der Waals surface area (Å²) >= 11 is 0. The molecule has 3 atom stereocenters. The van der Waals surface area contributed by atoms with Crippen molar-refractivity contribution in [3.63, 3.8) is 0 Å². The van der Waals surface area contributed by atoms with Gasteiger partial charge in [0.1, 0.15) is 12.4 Å². The molecule has 1 fully saturated rings. The molecule has 9 nitrogen and oxygen atoms in total. The van der Waals surface area contributed by atoms with Crippen molar-refractivity contribution in [1.29, 1.82) is 0 Å². The first kappa shape index (κ1) is 26.8. The molecule has 1 saturated carbocycles. The third-order valence-corrected chi connectivity index (χ3v) is 6.86. The molecule has 0 saturated heterocycles. The number of ether oxygens (including phenoxy) is 2. The quantitative estimate of drug-likeness (QED) is 0.677. The van der Waals surface area contributed by atoms with E-state index in [1.807, 2.05) is 25.7 Å². The zero-order valence-corrected chi connectivity index (χ0v) is 21.8. The van der Waals surface area contributed by atoms with E-state index in [9.17, 15) is 14.4 Å². The summed E-state index contributed by atoms with van der Waals surface area (Å²) in [7, 11) is 3.38. The summed E-state index contributed by atoms with van der Waals surface area (Å²) in [6, 6.07) is 4.47. The van der Waals surface area contributed by atoms with Crippen molar-refractivity contribution in [2.24, 2.45) is 11.8 Å². The summed E-state index contributed by atoms with van der Waals surface area (Å²) in [5.74, 6) is 0.450. The molecule has 0 bridgehead atoms. The van der Waals surface area contributed by atoms with Crippen molar-refractivity contribution in [3.8, 4) is 5.75 Å². The highest BCUT2D eigenvalue weighted by atomic mass is 16.5. The Bertz CT molecular complexity index is 917. The van der Waals surface area contributed by atoms with Crippen LogP contribution in [0, 0.1) is 11.8 Å². The van der Waals surface area contributed by atoms with Crippen molar-refractivity contribution in [3.05, 3.63) is 23.8 Å². The van der Waals surface area contributed by atoms with Gasteiger partial charge in [-0.25, -0.2) is 4.79 Å². The number of methoxy groups -OCH3 is 1. The Balaban J connectivity index is 1.91. The number of hydrogen-bond acceptors (Lipinski definition) is 5. The van der Waals surface area contributed by atoms with Gasteiger partial charge in [-0.05, 0) is 45.7 Å². The molecule has 35 heavy (non-hydrogen) atoms. The second-order valence-electron chi connectivity index (χ2n) is 10.2. The standard InChI is InChI=1S/C26H40N4O5/c1-16(2)27-26(33)28-20-10-11-21-22(12-20)35-15-18(4)30(24(31)19-8-7-9-19)13-17(3)23(34-6)14-29(5)25(21)32/h10-12,16-19,23H,7-9,13-15H2,1-6H3,(H2,27,28,33)/t17-,18+,23+/m1/s1. The molecule has 1 heterocycles. The highest BCUT2D eigenvalue weighted by Crippen LogP contribution is 2.31. The summed E-state index contributed by atoms with van der Waals surface area (Å²) in [6.07, 6.45) is 2.72. The van der Waals surface area contributed by atoms with Gasteiger partial charge in [-0.15, -0.1) is 0 Å². The fourth-order valence-electron chi connectivity index (χ4n) is 4.48. The Morgan fingerprint density at radius 1 is 1.17 bits per heavy atom. The molecule has 1 aromatic carbocycles. The van der Waals surface area contributed by atoms with Gasteiger partial charge in [-0.1, -0.05) is 13.3 Å². The molecule has 2 N–H and O–H groups in total.